The first kappa shape index (κ1) is 14.4. The third-order valence-electron chi connectivity index (χ3n) is 2.21. The van der Waals surface area contributed by atoms with E-state index in [-0.39, 0.29) is 11.2 Å². The number of benzene rings is 1. The summed E-state index contributed by atoms with van der Waals surface area (Å²) in [7, 11) is 0. The number of halogens is 1. The molecule has 1 rings (SSSR count). The van der Waals surface area contributed by atoms with Gasteiger partial charge < -0.3 is 4.74 Å². The Morgan fingerprint density at radius 3 is 2.65 bits per heavy atom. The minimum absolute atomic E-state index is 0.122. The Labute approximate surface area is 112 Å². The lowest BCUT2D eigenvalue weighted by Gasteiger charge is -2.10. The molecule has 17 heavy (non-hydrogen) atoms. The van der Waals surface area contributed by atoms with E-state index in [9.17, 15) is 4.79 Å². The van der Waals surface area contributed by atoms with Crippen molar-refractivity contribution in [2.75, 3.05) is 6.61 Å². The molecule has 0 aliphatic rings. The van der Waals surface area contributed by atoms with Gasteiger partial charge in [0.05, 0.1) is 13.0 Å². The van der Waals surface area contributed by atoms with Crippen molar-refractivity contribution in [3.8, 4) is 0 Å². The van der Waals surface area contributed by atoms with Crippen molar-refractivity contribution in [1.29, 1.82) is 0 Å². The highest BCUT2D eigenvalue weighted by molar-refractivity contribution is 7.99. The van der Waals surface area contributed by atoms with Gasteiger partial charge in [0.25, 0.3) is 0 Å². The summed E-state index contributed by atoms with van der Waals surface area (Å²) in [6.45, 7) is 4.31. The van der Waals surface area contributed by atoms with E-state index in [1.807, 2.05) is 38.1 Å². The molecule has 4 heteroatoms. The zero-order chi connectivity index (χ0) is 12.7. The van der Waals surface area contributed by atoms with Gasteiger partial charge in [-0.15, -0.1) is 0 Å². The maximum absolute atomic E-state index is 11.3. The molecule has 0 amide bonds. The number of thioether (sulfide) groups is 1. The van der Waals surface area contributed by atoms with Crippen LogP contribution in [0.25, 0.3) is 0 Å². The van der Waals surface area contributed by atoms with E-state index in [0.717, 1.165) is 10.8 Å². The molecule has 2 nitrogen and oxygen atoms in total. The predicted molar refractivity (Wildman–Crippen MR) is 73.5 cm³/mol. The first-order chi connectivity index (χ1) is 8.11. The molecule has 0 spiro atoms. The minimum atomic E-state index is -0.122. The van der Waals surface area contributed by atoms with Gasteiger partial charge in [-0.05, 0) is 24.6 Å². The number of carbonyl (C=O) groups is 1. The summed E-state index contributed by atoms with van der Waals surface area (Å²) in [5, 5.41) is 1.02. The van der Waals surface area contributed by atoms with Crippen LogP contribution in [0.4, 0.5) is 0 Å². The van der Waals surface area contributed by atoms with Crippen molar-refractivity contribution in [3.05, 3.63) is 34.9 Å². The van der Waals surface area contributed by atoms with Crippen LogP contribution in [0.3, 0.4) is 0 Å². The van der Waals surface area contributed by atoms with Gasteiger partial charge in [0.1, 0.15) is 0 Å². The van der Waals surface area contributed by atoms with E-state index in [2.05, 4.69) is 0 Å². The van der Waals surface area contributed by atoms with E-state index in [1.165, 1.54) is 5.56 Å². The summed E-state index contributed by atoms with van der Waals surface area (Å²) >= 11 is 7.56. The van der Waals surface area contributed by atoms with Gasteiger partial charge >= 0.3 is 5.97 Å². The fourth-order valence-electron chi connectivity index (χ4n) is 1.33. The molecule has 94 valence electrons. The largest absolute Gasteiger partial charge is 0.466 e. The van der Waals surface area contributed by atoms with Gasteiger partial charge in [-0.25, -0.2) is 0 Å². The highest BCUT2D eigenvalue weighted by atomic mass is 35.5. The van der Waals surface area contributed by atoms with Gasteiger partial charge in [-0.3, -0.25) is 4.79 Å². The van der Waals surface area contributed by atoms with Gasteiger partial charge in [0, 0.05) is 16.0 Å². The second-order valence-corrected chi connectivity index (χ2v) is 5.62. The van der Waals surface area contributed by atoms with Crippen LogP contribution in [0.2, 0.25) is 5.02 Å². The third-order valence-corrected chi connectivity index (χ3v) is 3.69. The summed E-state index contributed by atoms with van der Waals surface area (Å²) in [6, 6.07) is 7.78. The van der Waals surface area contributed by atoms with Gasteiger partial charge in [0.15, 0.2) is 0 Å². The van der Waals surface area contributed by atoms with Gasteiger partial charge in [-0.2, -0.15) is 11.8 Å². The van der Waals surface area contributed by atoms with Gasteiger partial charge in [0.2, 0.25) is 0 Å². The Hall–Kier alpha value is -0.670. The number of carbonyl (C=O) groups excluding carboxylic acids is 1. The number of hydrogen-bond acceptors (Lipinski definition) is 3. The maximum Gasteiger partial charge on any atom is 0.306 e. The molecule has 0 aliphatic carbocycles. The highest BCUT2D eigenvalue weighted by Gasteiger charge is 2.10. The monoisotopic (exact) mass is 272 g/mol. The van der Waals surface area contributed by atoms with Crippen LogP contribution in [0.1, 0.15) is 25.8 Å². The summed E-state index contributed by atoms with van der Waals surface area (Å²) < 4.78 is 4.91. The lowest BCUT2D eigenvalue weighted by Crippen LogP contribution is -2.10. The normalized spacial score (nSPS) is 12.2. The Morgan fingerprint density at radius 2 is 2.06 bits per heavy atom. The van der Waals surface area contributed by atoms with Crippen molar-refractivity contribution >= 4 is 29.3 Å². The molecule has 1 atom stereocenters. The van der Waals surface area contributed by atoms with Crippen molar-refractivity contribution < 1.29 is 9.53 Å². The van der Waals surface area contributed by atoms with E-state index < -0.39 is 0 Å². The van der Waals surface area contributed by atoms with Crippen LogP contribution < -0.4 is 0 Å². The molecule has 0 bridgehead atoms. The molecular formula is C13H17ClO2S. The van der Waals surface area contributed by atoms with Crippen molar-refractivity contribution in [2.24, 2.45) is 0 Å². The Morgan fingerprint density at radius 1 is 1.41 bits per heavy atom. The first-order valence-corrected chi connectivity index (χ1v) is 7.06. The predicted octanol–water partition coefficient (Wildman–Crippen LogP) is 3.91. The Balaban J connectivity index is 2.30. The number of rotatable bonds is 6. The summed E-state index contributed by atoms with van der Waals surface area (Å²) in [5.41, 5.74) is 1.22. The SMILES string of the molecule is CCOC(=O)CC(C)SCc1ccc(Cl)cc1. The first-order valence-electron chi connectivity index (χ1n) is 5.63. The number of esters is 1. The van der Waals surface area contributed by atoms with Crippen molar-refractivity contribution in [2.45, 2.75) is 31.3 Å². The molecule has 1 aromatic carbocycles. The summed E-state index contributed by atoms with van der Waals surface area (Å²) in [5.74, 6) is 0.765. The summed E-state index contributed by atoms with van der Waals surface area (Å²) in [4.78, 5) is 11.3. The van der Waals surface area contributed by atoms with E-state index in [4.69, 9.17) is 16.3 Å². The molecular weight excluding hydrogens is 256 g/mol. The quantitative estimate of drug-likeness (QED) is 0.735. The van der Waals surface area contributed by atoms with Crippen molar-refractivity contribution in [1.82, 2.24) is 0 Å². The average Bonchev–Trinajstić information content (AvgIpc) is 2.28. The minimum Gasteiger partial charge on any atom is -0.466 e. The molecule has 0 saturated heterocycles. The second-order valence-electron chi connectivity index (χ2n) is 3.76. The third kappa shape index (κ3) is 5.99. The molecule has 1 unspecified atom stereocenters. The Kier molecular flexibility index (Phi) is 6.45. The maximum atomic E-state index is 11.3. The van der Waals surface area contributed by atoms with Gasteiger partial charge in [-0.1, -0.05) is 30.7 Å². The zero-order valence-corrected chi connectivity index (χ0v) is 11.7. The Bertz CT molecular complexity index is 351. The van der Waals surface area contributed by atoms with E-state index in [0.29, 0.717) is 13.0 Å². The molecule has 0 fully saturated rings. The topological polar surface area (TPSA) is 26.3 Å². The lowest BCUT2D eigenvalue weighted by molar-refractivity contribution is -0.142. The van der Waals surface area contributed by atoms with Crippen molar-refractivity contribution in [3.63, 3.8) is 0 Å². The fourth-order valence-corrected chi connectivity index (χ4v) is 2.38. The molecule has 0 heterocycles. The zero-order valence-electron chi connectivity index (χ0n) is 10.1. The number of hydrogen-bond donors (Lipinski definition) is 0. The molecule has 0 saturated carbocycles. The second kappa shape index (κ2) is 7.62. The average molecular weight is 273 g/mol. The van der Waals surface area contributed by atoms with Crippen LogP contribution in [0.15, 0.2) is 24.3 Å². The summed E-state index contributed by atoms with van der Waals surface area (Å²) in [6.07, 6.45) is 0.464. The molecule has 0 radical (unpaired) electrons. The standard InChI is InChI=1S/C13H17ClO2S/c1-3-16-13(15)8-10(2)17-9-11-4-6-12(14)7-5-11/h4-7,10H,3,8-9H2,1-2H3. The van der Waals surface area contributed by atoms with Crippen LogP contribution >= 0.6 is 23.4 Å². The molecule has 0 aromatic heterocycles. The number of ether oxygens (including phenoxy) is 1. The fraction of sp³-hybridized carbons (Fsp3) is 0.462. The lowest BCUT2D eigenvalue weighted by atomic mass is 10.2. The molecule has 0 aliphatic heterocycles. The van der Waals surface area contributed by atoms with Crippen LogP contribution in [-0.2, 0) is 15.3 Å². The smallest absolute Gasteiger partial charge is 0.306 e. The van der Waals surface area contributed by atoms with Crippen LogP contribution in [0, 0.1) is 0 Å². The van der Waals surface area contributed by atoms with Crippen LogP contribution in [0.5, 0.6) is 0 Å². The van der Waals surface area contributed by atoms with Crippen LogP contribution in [-0.4, -0.2) is 17.8 Å². The highest BCUT2D eigenvalue weighted by Crippen LogP contribution is 2.21. The van der Waals surface area contributed by atoms with E-state index in [1.54, 1.807) is 11.8 Å². The van der Waals surface area contributed by atoms with E-state index >= 15 is 0 Å². The molecule has 0 N–H and O–H groups in total. The molecule has 1 aromatic rings.